The van der Waals surface area contributed by atoms with Crippen molar-refractivity contribution >= 4 is 0 Å². The second-order valence-electron chi connectivity index (χ2n) is 3.15. The van der Waals surface area contributed by atoms with Crippen LogP contribution in [-0.2, 0) is 4.74 Å². The van der Waals surface area contributed by atoms with Gasteiger partial charge in [-0.15, -0.1) is 0 Å². The van der Waals surface area contributed by atoms with Gasteiger partial charge in [-0.2, -0.15) is 0 Å². The molecule has 0 bridgehead atoms. The van der Waals surface area contributed by atoms with Gasteiger partial charge in [0.2, 0.25) is 0 Å². The molecular weight excluding hydrogens is 166 g/mol. The quantitative estimate of drug-likeness (QED) is 0.760. The molecular formula is C10H17NO2. The van der Waals surface area contributed by atoms with Crippen LogP contribution >= 0.6 is 0 Å². The summed E-state index contributed by atoms with van der Waals surface area (Å²) in [5.41, 5.74) is 7.00. The van der Waals surface area contributed by atoms with Crippen molar-refractivity contribution in [3.8, 4) is 0 Å². The van der Waals surface area contributed by atoms with Crippen molar-refractivity contribution in [2.24, 2.45) is 5.73 Å². The average molecular weight is 183 g/mol. The van der Waals surface area contributed by atoms with E-state index >= 15 is 0 Å². The van der Waals surface area contributed by atoms with Gasteiger partial charge in [-0.1, -0.05) is 13.3 Å². The number of furan rings is 1. The zero-order chi connectivity index (χ0) is 9.68. The zero-order valence-electron chi connectivity index (χ0n) is 8.19. The van der Waals surface area contributed by atoms with Gasteiger partial charge in [0, 0.05) is 12.7 Å². The summed E-state index contributed by atoms with van der Waals surface area (Å²) in [4.78, 5) is 0. The van der Waals surface area contributed by atoms with Crippen LogP contribution in [-0.4, -0.2) is 13.2 Å². The number of hydrogen-bond donors (Lipinski definition) is 1. The van der Waals surface area contributed by atoms with E-state index in [2.05, 4.69) is 6.92 Å². The van der Waals surface area contributed by atoms with E-state index in [9.17, 15) is 0 Å². The Balaban J connectivity index is 2.58. The SMILES string of the molecule is CCCC(OC)C(N)c1ccoc1. The fourth-order valence-corrected chi connectivity index (χ4v) is 1.41. The Morgan fingerprint density at radius 2 is 2.38 bits per heavy atom. The maximum Gasteiger partial charge on any atom is 0.0951 e. The van der Waals surface area contributed by atoms with Gasteiger partial charge in [0.1, 0.15) is 0 Å². The Kier molecular flexibility index (Phi) is 3.99. The van der Waals surface area contributed by atoms with Gasteiger partial charge >= 0.3 is 0 Å². The minimum absolute atomic E-state index is 0.0799. The molecule has 1 heterocycles. The van der Waals surface area contributed by atoms with Crippen LogP contribution in [0, 0.1) is 0 Å². The molecule has 74 valence electrons. The summed E-state index contributed by atoms with van der Waals surface area (Å²) in [6.45, 7) is 2.12. The van der Waals surface area contributed by atoms with Gasteiger partial charge in [0.05, 0.1) is 24.7 Å². The third-order valence-corrected chi connectivity index (χ3v) is 2.20. The summed E-state index contributed by atoms with van der Waals surface area (Å²) < 4.78 is 10.3. The van der Waals surface area contributed by atoms with E-state index in [0.29, 0.717) is 0 Å². The van der Waals surface area contributed by atoms with Gasteiger partial charge in [0.15, 0.2) is 0 Å². The molecule has 1 aromatic heterocycles. The lowest BCUT2D eigenvalue weighted by atomic mass is 10.0. The molecule has 2 N–H and O–H groups in total. The fraction of sp³-hybridized carbons (Fsp3) is 0.600. The Hall–Kier alpha value is -0.800. The summed E-state index contributed by atoms with van der Waals surface area (Å²) in [6, 6.07) is 1.80. The second-order valence-corrected chi connectivity index (χ2v) is 3.15. The molecule has 0 fully saturated rings. The van der Waals surface area contributed by atoms with Crippen LogP contribution < -0.4 is 5.73 Å². The van der Waals surface area contributed by atoms with Crippen LogP contribution in [0.2, 0.25) is 0 Å². The van der Waals surface area contributed by atoms with E-state index in [1.807, 2.05) is 6.07 Å². The number of hydrogen-bond acceptors (Lipinski definition) is 3. The molecule has 0 saturated carbocycles. The van der Waals surface area contributed by atoms with Gasteiger partial charge in [-0.05, 0) is 12.5 Å². The number of ether oxygens (including phenoxy) is 1. The molecule has 3 nitrogen and oxygen atoms in total. The van der Waals surface area contributed by atoms with Crippen LogP contribution in [0.25, 0.3) is 0 Å². The summed E-state index contributed by atoms with van der Waals surface area (Å²) >= 11 is 0. The van der Waals surface area contributed by atoms with E-state index < -0.39 is 0 Å². The first-order chi connectivity index (χ1) is 6.29. The predicted molar refractivity (Wildman–Crippen MR) is 51.3 cm³/mol. The minimum atomic E-state index is -0.0799. The number of rotatable bonds is 5. The number of nitrogens with two attached hydrogens (primary N) is 1. The van der Waals surface area contributed by atoms with Crippen LogP contribution in [0.4, 0.5) is 0 Å². The first-order valence-corrected chi connectivity index (χ1v) is 4.60. The molecule has 0 aliphatic carbocycles. The Labute approximate surface area is 78.9 Å². The summed E-state index contributed by atoms with van der Waals surface area (Å²) in [7, 11) is 1.69. The van der Waals surface area contributed by atoms with Crippen molar-refractivity contribution < 1.29 is 9.15 Å². The third kappa shape index (κ3) is 2.57. The molecule has 0 aliphatic rings. The lowest BCUT2D eigenvalue weighted by Crippen LogP contribution is -2.27. The van der Waals surface area contributed by atoms with Crippen LogP contribution in [0.1, 0.15) is 31.4 Å². The van der Waals surface area contributed by atoms with E-state index in [-0.39, 0.29) is 12.1 Å². The maximum atomic E-state index is 6.00. The smallest absolute Gasteiger partial charge is 0.0951 e. The summed E-state index contributed by atoms with van der Waals surface area (Å²) in [5.74, 6) is 0. The Bertz CT molecular complexity index is 221. The van der Waals surface area contributed by atoms with Gasteiger partial charge in [0.25, 0.3) is 0 Å². The third-order valence-electron chi connectivity index (χ3n) is 2.20. The van der Waals surface area contributed by atoms with Gasteiger partial charge in [-0.3, -0.25) is 0 Å². The topological polar surface area (TPSA) is 48.4 Å². The Morgan fingerprint density at radius 3 is 2.85 bits per heavy atom. The first kappa shape index (κ1) is 10.3. The molecule has 0 aromatic carbocycles. The van der Waals surface area contributed by atoms with Crippen molar-refractivity contribution in [3.05, 3.63) is 24.2 Å². The van der Waals surface area contributed by atoms with Crippen molar-refractivity contribution in [3.63, 3.8) is 0 Å². The molecule has 2 unspecified atom stereocenters. The van der Waals surface area contributed by atoms with Crippen LogP contribution in [0.15, 0.2) is 23.0 Å². The molecule has 0 aliphatic heterocycles. The highest BCUT2D eigenvalue weighted by atomic mass is 16.5. The molecule has 13 heavy (non-hydrogen) atoms. The van der Waals surface area contributed by atoms with E-state index in [1.165, 1.54) is 0 Å². The highest BCUT2D eigenvalue weighted by Crippen LogP contribution is 2.19. The highest BCUT2D eigenvalue weighted by molar-refractivity contribution is 5.12. The minimum Gasteiger partial charge on any atom is -0.472 e. The molecule has 0 spiro atoms. The van der Waals surface area contributed by atoms with Crippen LogP contribution in [0.3, 0.4) is 0 Å². The standard InChI is InChI=1S/C10H17NO2/c1-3-4-9(12-2)10(11)8-5-6-13-7-8/h5-7,9-10H,3-4,11H2,1-2H3. The van der Waals surface area contributed by atoms with Crippen molar-refractivity contribution in [1.29, 1.82) is 0 Å². The molecule has 0 radical (unpaired) electrons. The molecule has 2 atom stereocenters. The van der Waals surface area contributed by atoms with Gasteiger partial charge < -0.3 is 14.9 Å². The van der Waals surface area contributed by atoms with Gasteiger partial charge in [-0.25, -0.2) is 0 Å². The van der Waals surface area contributed by atoms with Crippen molar-refractivity contribution in [2.45, 2.75) is 31.9 Å². The fourth-order valence-electron chi connectivity index (χ4n) is 1.41. The molecule has 3 heteroatoms. The zero-order valence-corrected chi connectivity index (χ0v) is 8.19. The van der Waals surface area contributed by atoms with Crippen molar-refractivity contribution in [2.75, 3.05) is 7.11 Å². The predicted octanol–water partition coefficient (Wildman–Crippen LogP) is 2.09. The largest absolute Gasteiger partial charge is 0.472 e. The van der Waals surface area contributed by atoms with Crippen LogP contribution in [0.5, 0.6) is 0 Å². The Morgan fingerprint density at radius 1 is 1.62 bits per heavy atom. The number of methoxy groups -OCH3 is 1. The summed E-state index contributed by atoms with van der Waals surface area (Å²) in [6.07, 6.45) is 5.44. The molecule has 1 rings (SSSR count). The molecule has 1 aromatic rings. The van der Waals surface area contributed by atoms with E-state index in [1.54, 1.807) is 19.6 Å². The van der Waals surface area contributed by atoms with E-state index in [4.69, 9.17) is 14.9 Å². The highest BCUT2D eigenvalue weighted by Gasteiger charge is 2.18. The monoisotopic (exact) mass is 183 g/mol. The lowest BCUT2D eigenvalue weighted by molar-refractivity contribution is 0.0723. The molecule has 0 saturated heterocycles. The average Bonchev–Trinajstić information content (AvgIpc) is 2.65. The second kappa shape index (κ2) is 5.04. The molecule has 0 amide bonds. The van der Waals surface area contributed by atoms with Crippen molar-refractivity contribution in [1.82, 2.24) is 0 Å². The summed E-state index contributed by atoms with van der Waals surface area (Å²) in [5, 5.41) is 0. The first-order valence-electron chi connectivity index (χ1n) is 4.60. The lowest BCUT2D eigenvalue weighted by Gasteiger charge is -2.20. The normalized spacial score (nSPS) is 15.6. The maximum absolute atomic E-state index is 6.00. The van der Waals surface area contributed by atoms with E-state index in [0.717, 1.165) is 18.4 Å².